The molecule has 1 heterocycles. The monoisotopic (exact) mass is 1060 g/mol. The Morgan fingerprint density at radius 2 is 0.986 bits per heavy atom. The first kappa shape index (κ1) is 51.7. The molecule has 8 rings (SSSR count). The van der Waals surface area contributed by atoms with E-state index < -0.39 is 38.8 Å². The molecule has 0 radical (unpaired) electrons. The van der Waals surface area contributed by atoms with Crippen molar-refractivity contribution in [2.45, 2.75) is 89.4 Å². The van der Waals surface area contributed by atoms with Gasteiger partial charge in [0.15, 0.2) is 0 Å². The third-order valence-corrected chi connectivity index (χ3v) is 19.2. The van der Waals surface area contributed by atoms with Gasteiger partial charge in [-0.05, 0) is 65.2 Å². The molecule has 0 spiro atoms. The molecule has 1 aliphatic heterocycles. The Morgan fingerprint density at radius 1 is 0.557 bits per heavy atom. The first-order valence-corrected chi connectivity index (χ1v) is 27.5. The number of benzene rings is 7. The largest absolute Gasteiger partial charge is 0.491 e. The molecule has 0 bridgehead atoms. The molecule has 364 valence electrons. The molecule has 7 aromatic carbocycles. The zero-order valence-electron chi connectivity index (χ0n) is 39.9. The van der Waals surface area contributed by atoms with Crippen LogP contribution in [-0.4, -0.2) is 51.8 Å². The highest BCUT2D eigenvalue weighted by Gasteiger charge is 2.52. The number of ether oxygens (including phenoxy) is 6. The van der Waals surface area contributed by atoms with Crippen molar-refractivity contribution in [3.63, 3.8) is 0 Å². The summed E-state index contributed by atoms with van der Waals surface area (Å²) in [5.41, 5.74) is 5.51. The summed E-state index contributed by atoms with van der Waals surface area (Å²) in [6, 6.07) is 63.8. The van der Waals surface area contributed by atoms with Gasteiger partial charge in [0.2, 0.25) is 0 Å². The minimum absolute atomic E-state index is 0.191. The smallest absolute Gasteiger partial charge is 0.261 e. The molecule has 0 N–H and O–H groups in total. The predicted octanol–water partition coefficient (Wildman–Crippen LogP) is 13.2. The van der Waals surface area contributed by atoms with Crippen molar-refractivity contribution in [1.29, 1.82) is 0 Å². The Kier molecular flexibility index (Phi) is 18.6. The zero-order chi connectivity index (χ0) is 48.8. The second-order valence-corrected chi connectivity index (χ2v) is 24.3. The van der Waals surface area contributed by atoms with Crippen LogP contribution in [0.1, 0.15) is 60.3 Å². The van der Waals surface area contributed by atoms with Gasteiger partial charge in [0.05, 0.1) is 55.0 Å². The quantitative estimate of drug-likeness (QED) is 0.0495. The number of alkyl halides is 1. The summed E-state index contributed by atoms with van der Waals surface area (Å²) in [5, 5.41) is 2.51. The van der Waals surface area contributed by atoms with Crippen LogP contribution in [0.15, 0.2) is 193 Å². The Balaban J connectivity index is 1.26. The zero-order valence-corrected chi connectivity index (χ0v) is 44.0. The van der Waals surface area contributed by atoms with Gasteiger partial charge in [-0.25, -0.2) is 0 Å². The van der Waals surface area contributed by atoms with Gasteiger partial charge in [-0.15, -0.1) is 11.6 Å². The molecule has 0 aliphatic carbocycles. The molecule has 7 aromatic rings. The van der Waals surface area contributed by atoms with Crippen LogP contribution in [0, 0.1) is 0 Å². The molecule has 0 saturated carbocycles. The number of hydrogen-bond donors (Lipinski definition) is 0. The Labute approximate surface area is 433 Å². The predicted molar refractivity (Wildman–Crippen MR) is 287 cm³/mol. The van der Waals surface area contributed by atoms with Gasteiger partial charge in [0, 0.05) is 5.56 Å². The molecule has 0 unspecified atom stereocenters. The fraction of sp³-hybridized carbons (Fsp3) is 0.288. The molecule has 1 fully saturated rings. The van der Waals surface area contributed by atoms with E-state index in [0.717, 1.165) is 38.2 Å². The molecule has 70 heavy (non-hydrogen) atoms. The summed E-state index contributed by atoms with van der Waals surface area (Å²) < 4.78 is 50.0. The summed E-state index contributed by atoms with van der Waals surface area (Å²) in [6.07, 6.45) is -3.49. The maximum atomic E-state index is 7.53. The maximum Gasteiger partial charge on any atom is 0.261 e. The molecule has 7 nitrogen and oxygen atoms in total. The highest BCUT2D eigenvalue weighted by Crippen LogP contribution is 2.48. The van der Waals surface area contributed by atoms with Gasteiger partial charge in [0.25, 0.3) is 8.32 Å². The minimum atomic E-state index is -3.01. The lowest BCUT2D eigenvalue weighted by Gasteiger charge is -2.47. The fourth-order valence-corrected chi connectivity index (χ4v) is 14.7. The van der Waals surface area contributed by atoms with Crippen molar-refractivity contribution in [1.82, 2.24) is 0 Å². The number of rotatable bonds is 22. The highest BCUT2D eigenvalue weighted by molar-refractivity contribution is 9.10. The van der Waals surface area contributed by atoms with Crippen LogP contribution in [-0.2, 0) is 61.1 Å². The third-order valence-electron chi connectivity index (χ3n) is 12.6. The fourth-order valence-electron chi connectivity index (χ4n) is 9.27. The highest BCUT2D eigenvalue weighted by atomic mass is 79.9. The van der Waals surface area contributed by atoms with E-state index >= 15 is 0 Å². The van der Waals surface area contributed by atoms with E-state index in [9.17, 15) is 0 Å². The molecular formula is C59H61BrCl2O7Si. The van der Waals surface area contributed by atoms with Crippen LogP contribution in [0.3, 0.4) is 0 Å². The second-order valence-electron chi connectivity index (χ2n) is 18.5. The maximum absolute atomic E-state index is 7.53. The summed E-state index contributed by atoms with van der Waals surface area (Å²) in [5.74, 6) is 0.739. The Hall–Kier alpha value is -4.62. The molecular weight excluding hydrogens is 1000 g/mol. The lowest BCUT2D eigenvalue weighted by atomic mass is 9.89. The summed E-state index contributed by atoms with van der Waals surface area (Å²) in [6.45, 7) is 8.65. The van der Waals surface area contributed by atoms with E-state index in [4.69, 9.17) is 56.0 Å². The summed E-state index contributed by atoms with van der Waals surface area (Å²) in [7, 11) is -3.01. The van der Waals surface area contributed by atoms with Crippen molar-refractivity contribution < 1.29 is 32.8 Å². The summed E-state index contributed by atoms with van der Waals surface area (Å²) >= 11 is 17.8. The van der Waals surface area contributed by atoms with Crippen LogP contribution in [0.2, 0.25) is 10.1 Å². The lowest BCUT2D eigenvalue weighted by Crippen LogP contribution is -2.66. The van der Waals surface area contributed by atoms with E-state index in [-0.39, 0.29) is 37.3 Å². The van der Waals surface area contributed by atoms with Gasteiger partial charge in [-0.3, -0.25) is 0 Å². The van der Waals surface area contributed by atoms with E-state index in [1.165, 1.54) is 0 Å². The second kappa shape index (κ2) is 25.2. The molecule has 1 saturated heterocycles. The van der Waals surface area contributed by atoms with Crippen molar-refractivity contribution >= 4 is 57.8 Å². The van der Waals surface area contributed by atoms with Crippen LogP contribution in [0.5, 0.6) is 5.75 Å². The van der Waals surface area contributed by atoms with E-state index in [2.05, 4.69) is 140 Å². The van der Waals surface area contributed by atoms with Gasteiger partial charge in [-0.1, -0.05) is 214 Å². The SMILES string of the molecule is CC(C)(C)[Si](OCc1cc([C@H]2O[C@H](COCc3ccccc3)[C@H](OCc3ccccc3)[C@H](OCc3ccccc3)[C@@H]2OCc2ccccc2)c(OCCCl)c(Br)c1Cl)(c1ccccc1)c1ccccc1. The van der Waals surface area contributed by atoms with Gasteiger partial charge < -0.3 is 32.8 Å². The Bertz CT molecular complexity index is 2610. The lowest BCUT2D eigenvalue weighted by molar-refractivity contribution is -0.275. The number of hydrogen-bond acceptors (Lipinski definition) is 7. The first-order valence-electron chi connectivity index (χ1n) is 23.8. The Morgan fingerprint density at radius 3 is 1.44 bits per heavy atom. The first-order chi connectivity index (χ1) is 34.2. The van der Waals surface area contributed by atoms with Crippen LogP contribution < -0.4 is 15.1 Å². The van der Waals surface area contributed by atoms with Crippen LogP contribution in [0.25, 0.3) is 0 Å². The van der Waals surface area contributed by atoms with Gasteiger partial charge in [-0.2, -0.15) is 0 Å². The average molecular weight is 1060 g/mol. The number of halogens is 3. The van der Waals surface area contributed by atoms with Crippen molar-refractivity contribution in [3.05, 3.63) is 231 Å². The average Bonchev–Trinajstić information content (AvgIpc) is 3.39. The van der Waals surface area contributed by atoms with Gasteiger partial charge >= 0.3 is 0 Å². The van der Waals surface area contributed by atoms with Crippen molar-refractivity contribution in [2.24, 2.45) is 0 Å². The summed E-state index contributed by atoms with van der Waals surface area (Å²) in [4.78, 5) is 0. The minimum Gasteiger partial charge on any atom is -0.491 e. The van der Waals surface area contributed by atoms with E-state index in [1.807, 2.05) is 84.9 Å². The van der Waals surface area contributed by atoms with Gasteiger partial charge in [0.1, 0.15) is 42.9 Å². The molecule has 0 aromatic heterocycles. The topological polar surface area (TPSA) is 64.6 Å². The molecule has 1 aliphatic rings. The standard InChI is InChI=1S/C59H61BrCl2O7Si/c1-59(2,3)70(48-30-18-8-19-31-48,49-32-20-9-21-33-49)68-41-47-36-50(54(64-35-34-61)52(60)53(47)62)55-57(66-39-45-26-14-6-15-27-45)58(67-40-46-28-16-7-17-29-46)56(65-38-44-24-12-5-13-25-44)51(69-55)42-63-37-43-22-10-4-11-23-43/h4-33,36,51,55-58H,34-35,37-42H2,1-3H3/t51-,55-,56+,57-,58+/m1/s1. The molecule has 0 amide bonds. The van der Waals surface area contributed by atoms with Crippen LogP contribution in [0.4, 0.5) is 0 Å². The van der Waals surface area contributed by atoms with Crippen LogP contribution >= 0.6 is 39.1 Å². The van der Waals surface area contributed by atoms with E-state index in [1.54, 1.807) is 0 Å². The van der Waals surface area contributed by atoms with Crippen molar-refractivity contribution in [3.8, 4) is 5.75 Å². The van der Waals surface area contributed by atoms with Crippen molar-refractivity contribution in [2.75, 3.05) is 19.1 Å². The van der Waals surface area contributed by atoms with E-state index in [0.29, 0.717) is 40.6 Å². The molecule has 11 heteroatoms. The molecule has 5 atom stereocenters. The normalized spacial score (nSPS) is 18.4. The third kappa shape index (κ3) is 12.7.